The monoisotopic (exact) mass is 241 g/mol. The van der Waals surface area contributed by atoms with Gasteiger partial charge in [-0.2, -0.15) is 10.2 Å². The zero-order valence-electron chi connectivity index (χ0n) is 10.4. The van der Waals surface area contributed by atoms with Crippen LogP contribution in [0.3, 0.4) is 0 Å². The Morgan fingerprint density at radius 1 is 1.22 bits per heavy atom. The summed E-state index contributed by atoms with van der Waals surface area (Å²) >= 11 is 0. The van der Waals surface area contributed by atoms with Crippen LogP contribution in [-0.2, 0) is 6.54 Å². The minimum atomic E-state index is 0.762. The molecule has 1 aromatic carbocycles. The van der Waals surface area contributed by atoms with Gasteiger partial charge in [0.2, 0.25) is 0 Å². The first-order valence-corrected chi connectivity index (χ1v) is 5.92. The van der Waals surface area contributed by atoms with Crippen molar-refractivity contribution in [3.63, 3.8) is 0 Å². The van der Waals surface area contributed by atoms with E-state index in [0.717, 1.165) is 34.5 Å². The predicted octanol–water partition coefficient (Wildman–Crippen LogP) is 2.51. The van der Waals surface area contributed by atoms with Crippen molar-refractivity contribution in [2.75, 3.05) is 5.32 Å². The van der Waals surface area contributed by atoms with Crippen LogP contribution in [0.5, 0.6) is 0 Å². The second-order valence-electron chi connectivity index (χ2n) is 4.40. The summed E-state index contributed by atoms with van der Waals surface area (Å²) in [5, 5.41) is 18.8. The molecule has 0 saturated heterocycles. The number of aromatic nitrogens is 4. The zero-order chi connectivity index (χ0) is 12.5. The second-order valence-corrected chi connectivity index (χ2v) is 4.40. The maximum atomic E-state index is 4.20. The summed E-state index contributed by atoms with van der Waals surface area (Å²) in [6.45, 7) is 4.81. The molecule has 0 aliphatic rings. The highest BCUT2D eigenvalue weighted by molar-refractivity contribution is 5.90. The Bertz CT molecular complexity index is 660. The van der Waals surface area contributed by atoms with Crippen LogP contribution in [-0.4, -0.2) is 20.4 Å². The van der Waals surface area contributed by atoms with E-state index in [9.17, 15) is 0 Å². The largest absolute Gasteiger partial charge is 0.380 e. The van der Waals surface area contributed by atoms with E-state index in [1.54, 1.807) is 0 Å². The van der Waals surface area contributed by atoms with Crippen molar-refractivity contribution < 1.29 is 0 Å². The molecule has 2 aromatic heterocycles. The lowest BCUT2D eigenvalue weighted by atomic mass is 10.2. The molecule has 18 heavy (non-hydrogen) atoms. The second kappa shape index (κ2) is 4.18. The van der Waals surface area contributed by atoms with Crippen LogP contribution < -0.4 is 5.32 Å². The Hall–Kier alpha value is -2.30. The van der Waals surface area contributed by atoms with Crippen molar-refractivity contribution in [3.8, 4) is 0 Å². The molecule has 0 atom stereocenters. The summed E-state index contributed by atoms with van der Waals surface area (Å²) < 4.78 is 0. The topological polar surface area (TPSA) is 69.4 Å². The molecule has 3 rings (SSSR count). The van der Waals surface area contributed by atoms with Gasteiger partial charge >= 0.3 is 0 Å². The predicted molar refractivity (Wildman–Crippen MR) is 71.5 cm³/mol. The van der Waals surface area contributed by atoms with Gasteiger partial charge < -0.3 is 5.32 Å². The van der Waals surface area contributed by atoms with Gasteiger partial charge in [-0.1, -0.05) is 6.07 Å². The quantitative estimate of drug-likeness (QED) is 0.660. The van der Waals surface area contributed by atoms with Crippen molar-refractivity contribution in [2.24, 2.45) is 0 Å². The highest BCUT2D eigenvalue weighted by atomic mass is 15.1. The van der Waals surface area contributed by atoms with E-state index in [1.807, 2.05) is 32.2 Å². The molecule has 0 aliphatic carbocycles. The lowest BCUT2D eigenvalue weighted by molar-refractivity contribution is 1.02. The Kier molecular flexibility index (Phi) is 2.51. The minimum absolute atomic E-state index is 0.762. The minimum Gasteiger partial charge on any atom is -0.380 e. The highest BCUT2D eigenvalue weighted by Crippen LogP contribution is 2.22. The SMILES string of the molecule is Cc1n[nH]c(C)c1CNc1cccc2[nH]ncc12. The molecule has 0 fully saturated rings. The molecule has 0 radical (unpaired) electrons. The number of anilines is 1. The lowest BCUT2D eigenvalue weighted by Crippen LogP contribution is -2.01. The number of nitrogens with zero attached hydrogens (tertiary/aromatic N) is 2. The van der Waals surface area contributed by atoms with E-state index >= 15 is 0 Å². The van der Waals surface area contributed by atoms with Crippen molar-refractivity contribution in [3.05, 3.63) is 41.3 Å². The van der Waals surface area contributed by atoms with Crippen LogP contribution in [0.25, 0.3) is 10.9 Å². The maximum Gasteiger partial charge on any atom is 0.0671 e. The molecule has 5 nitrogen and oxygen atoms in total. The fraction of sp³-hybridized carbons (Fsp3) is 0.231. The van der Waals surface area contributed by atoms with E-state index in [1.165, 1.54) is 5.56 Å². The lowest BCUT2D eigenvalue weighted by Gasteiger charge is -2.07. The van der Waals surface area contributed by atoms with Crippen LogP contribution in [0, 0.1) is 13.8 Å². The number of nitrogens with one attached hydrogen (secondary N) is 3. The van der Waals surface area contributed by atoms with Crippen LogP contribution in [0.1, 0.15) is 17.0 Å². The fourth-order valence-corrected chi connectivity index (χ4v) is 2.14. The van der Waals surface area contributed by atoms with Gasteiger partial charge in [0.1, 0.15) is 0 Å². The summed E-state index contributed by atoms with van der Waals surface area (Å²) in [7, 11) is 0. The van der Waals surface area contributed by atoms with E-state index < -0.39 is 0 Å². The fourth-order valence-electron chi connectivity index (χ4n) is 2.14. The van der Waals surface area contributed by atoms with Crippen LogP contribution in [0.15, 0.2) is 24.4 Å². The van der Waals surface area contributed by atoms with Gasteiger partial charge in [-0.15, -0.1) is 0 Å². The number of rotatable bonds is 3. The molecule has 0 saturated carbocycles. The summed E-state index contributed by atoms with van der Waals surface area (Å²) in [6, 6.07) is 6.09. The number of benzene rings is 1. The summed E-state index contributed by atoms with van der Waals surface area (Å²) in [4.78, 5) is 0. The standard InChI is InChI=1S/C13H15N5/c1-8-10(9(2)17-16-8)6-14-12-4-3-5-13-11(12)7-15-18-13/h3-5,7,14H,6H2,1-2H3,(H,15,18)(H,16,17). The molecule has 0 unspecified atom stereocenters. The van der Waals surface area contributed by atoms with Gasteiger partial charge in [0.15, 0.2) is 0 Å². The smallest absolute Gasteiger partial charge is 0.0671 e. The Balaban J connectivity index is 1.87. The molecule has 92 valence electrons. The van der Waals surface area contributed by atoms with E-state index in [4.69, 9.17) is 0 Å². The van der Waals surface area contributed by atoms with Crippen molar-refractivity contribution in [1.29, 1.82) is 0 Å². The summed E-state index contributed by atoms with van der Waals surface area (Å²) in [6.07, 6.45) is 1.84. The maximum absolute atomic E-state index is 4.20. The third-order valence-electron chi connectivity index (χ3n) is 3.22. The van der Waals surface area contributed by atoms with Crippen LogP contribution in [0.2, 0.25) is 0 Å². The number of H-pyrrole nitrogens is 2. The number of hydrogen-bond acceptors (Lipinski definition) is 3. The first kappa shape index (κ1) is 10.8. The average Bonchev–Trinajstić information content (AvgIpc) is 2.95. The van der Waals surface area contributed by atoms with Gasteiger partial charge in [0.05, 0.1) is 17.4 Å². The molecule has 0 bridgehead atoms. The zero-order valence-corrected chi connectivity index (χ0v) is 10.4. The molecule has 2 heterocycles. The molecule has 3 N–H and O–H groups in total. The third kappa shape index (κ3) is 1.73. The highest BCUT2D eigenvalue weighted by Gasteiger charge is 2.07. The van der Waals surface area contributed by atoms with E-state index in [-0.39, 0.29) is 0 Å². The molecule has 0 aliphatic heterocycles. The molecule has 0 spiro atoms. The van der Waals surface area contributed by atoms with Gasteiger partial charge in [-0.25, -0.2) is 0 Å². The van der Waals surface area contributed by atoms with Crippen molar-refractivity contribution in [2.45, 2.75) is 20.4 Å². The Morgan fingerprint density at radius 3 is 2.89 bits per heavy atom. The molecule has 5 heteroatoms. The summed E-state index contributed by atoms with van der Waals surface area (Å²) in [5.74, 6) is 0. The first-order valence-electron chi connectivity index (χ1n) is 5.92. The molecule has 3 aromatic rings. The molecular weight excluding hydrogens is 226 g/mol. The van der Waals surface area contributed by atoms with E-state index in [0.29, 0.717) is 0 Å². The molecular formula is C13H15N5. The van der Waals surface area contributed by atoms with Gasteiger partial charge in [-0.3, -0.25) is 10.2 Å². The summed E-state index contributed by atoms with van der Waals surface area (Å²) in [5.41, 5.74) is 5.50. The van der Waals surface area contributed by atoms with Gasteiger partial charge in [-0.05, 0) is 26.0 Å². The van der Waals surface area contributed by atoms with E-state index in [2.05, 4.69) is 31.8 Å². The Morgan fingerprint density at radius 2 is 2.11 bits per heavy atom. The van der Waals surface area contributed by atoms with Crippen molar-refractivity contribution >= 4 is 16.6 Å². The number of aromatic amines is 2. The third-order valence-corrected chi connectivity index (χ3v) is 3.22. The molecule has 0 amide bonds. The number of hydrogen-bond donors (Lipinski definition) is 3. The Labute approximate surface area is 105 Å². The van der Waals surface area contributed by atoms with Crippen LogP contribution in [0.4, 0.5) is 5.69 Å². The average molecular weight is 241 g/mol. The van der Waals surface area contributed by atoms with Gasteiger partial charge in [0, 0.05) is 28.9 Å². The van der Waals surface area contributed by atoms with Crippen molar-refractivity contribution in [1.82, 2.24) is 20.4 Å². The number of fused-ring (bicyclic) bond motifs is 1. The number of aryl methyl sites for hydroxylation is 2. The normalized spacial score (nSPS) is 11.0. The van der Waals surface area contributed by atoms with Crippen LogP contribution >= 0.6 is 0 Å². The van der Waals surface area contributed by atoms with Gasteiger partial charge in [0.25, 0.3) is 0 Å². The first-order chi connectivity index (χ1) is 8.75.